The molecule has 80 valence electrons. The minimum atomic E-state index is -1.32. The first-order chi connectivity index (χ1) is 7.18. The summed E-state index contributed by atoms with van der Waals surface area (Å²) < 4.78 is 13.0. The summed E-state index contributed by atoms with van der Waals surface area (Å²) in [7, 11) is 0. The van der Waals surface area contributed by atoms with E-state index >= 15 is 0 Å². The molecule has 2 atom stereocenters. The molecule has 0 aromatic heterocycles. The van der Waals surface area contributed by atoms with Gasteiger partial charge in [-0.2, -0.15) is 0 Å². The highest BCUT2D eigenvalue weighted by Gasteiger charge is 2.34. The van der Waals surface area contributed by atoms with Gasteiger partial charge in [0.15, 0.2) is 0 Å². The zero-order valence-electron chi connectivity index (χ0n) is 8.14. The van der Waals surface area contributed by atoms with Gasteiger partial charge in [-0.05, 0) is 12.1 Å². The van der Waals surface area contributed by atoms with E-state index < -0.39 is 12.3 Å². The van der Waals surface area contributed by atoms with Crippen LogP contribution in [0.3, 0.4) is 0 Å². The molecule has 4 heteroatoms. The van der Waals surface area contributed by atoms with Crippen molar-refractivity contribution in [1.82, 2.24) is 4.90 Å². The Balaban J connectivity index is 2.10. The van der Waals surface area contributed by atoms with E-state index in [-0.39, 0.29) is 19.0 Å². The minimum absolute atomic E-state index is 0.0190. The van der Waals surface area contributed by atoms with Crippen molar-refractivity contribution >= 4 is 5.91 Å². The normalized spacial score (nSPS) is 25.6. The maximum atomic E-state index is 13.0. The number of rotatable bonds is 1. The SMILES string of the molecule is O=C(c1ccccc1)N1C[C@@H](O)[C@H](F)C1. The molecule has 2 rings (SSSR count). The van der Waals surface area contributed by atoms with Gasteiger partial charge in [0, 0.05) is 12.1 Å². The number of hydrogen-bond donors (Lipinski definition) is 1. The largest absolute Gasteiger partial charge is 0.388 e. The second kappa shape index (κ2) is 3.98. The van der Waals surface area contributed by atoms with E-state index in [9.17, 15) is 14.3 Å². The number of likely N-dealkylation sites (tertiary alicyclic amines) is 1. The Morgan fingerprint density at radius 1 is 1.33 bits per heavy atom. The van der Waals surface area contributed by atoms with E-state index in [1.54, 1.807) is 24.3 Å². The molecule has 0 radical (unpaired) electrons. The molecule has 1 N–H and O–H groups in total. The number of amides is 1. The number of β-amino-alcohol motifs (C(OH)–C–C–N with tert-alkyl or cyclic N) is 1. The fourth-order valence-corrected chi connectivity index (χ4v) is 1.68. The second-order valence-electron chi connectivity index (χ2n) is 3.66. The van der Waals surface area contributed by atoms with Gasteiger partial charge in [0.2, 0.25) is 0 Å². The van der Waals surface area contributed by atoms with Crippen LogP contribution in [0.1, 0.15) is 10.4 Å². The third kappa shape index (κ3) is 1.99. The molecule has 0 saturated carbocycles. The number of carbonyl (C=O) groups excluding carboxylic acids is 1. The van der Waals surface area contributed by atoms with Crippen molar-refractivity contribution in [3.05, 3.63) is 35.9 Å². The predicted molar refractivity (Wildman–Crippen MR) is 53.2 cm³/mol. The lowest BCUT2D eigenvalue weighted by molar-refractivity contribution is 0.0764. The highest BCUT2D eigenvalue weighted by Crippen LogP contribution is 2.16. The lowest BCUT2D eigenvalue weighted by Crippen LogP contribution is -2.29. The lowest BCUT2D eigenvalue weighted by Gasteiger charge is -2.14. The van der Waals surface area contributed by atoms with Gasteiger partial charge in [-0.3, -0.25) is 4.79 Å². The highest BCUT2D eigenvalue weighted by atomic mass is 19.1. The van der Waals surface area contributed by atoms with Gasteiger partial charge < -0.3 is 10.0 Å². The minimum Gasteiger partial charge on any atom is -0.388 e. The summed E-state index contributed by atoms with van der Waals surface area (Å²) in [4.78, 5) is 13.1. The number of carbonyl (C=O) groups is 1. The first-order valence-corrected chi connectivity index (χ1v) is 4.85. The lowest BCUT2D eigenvalue weighted by atomic mass is 10.2. The second-order valence-corrected chi connectivity index (χ2v) is 3.66. The smallest absolute Gasteiger partial charge is 0.254 e. The van der Waals surface area contributed by atoms with Crippen LogP contribution < -0.4 is 0 Å². The molecule has 1 aliphatic heterocycles. The molecule has 1 fully saturated rings. The molecule has 0 unspecified atom stereocenters. The maximum absolute atomic E-state index is 13.0. The van der Waals surface area contributed by atoms with E-state index in [4.69, 9.17) is 0 Å². The molecule has 1 amide bonds. The Morgan fingerprint density at radius 3 is 2.53 bits per heavy atom. The summed E-state index contributed by atoms with van der Waals surface area (Å²) in [5, 5.41) is 9.20. The zero-order valence-corrected chi connectivity index (χ0v) is 8.14. The van der Waals surface area contributed by atoms with E-state index in [0.717, 1.165) is 0 Å². The summed E-state index contributed by atoms with van der Waals surface area (Å²) >= 11 is 0. The summed E-state index contributed by atoms with van der Waals surface area (Å²) in [6.45, 7) is 0.0593. The molecule has 3 nitrogen and oxygen atoms in total. The highest BCUT2D eigenvalue weighted by molar-refractivity contribution is 5.94. The topological polar surface area (TPSA) is 40.5 Å². The fraction of sp³-hybridized carbons (Fsp3) is 0.364. The zero-order chi connectivity index (χ0) is 10.8. The average molecular weight is 209 g/mol. The number of halogens is 1. The first-order valence-electron chi connectivity index (χ1n) is 4.85. The van der Waals surface area contributed by atoms with Crippen molar-refractivity contribution in [3.63, 3.8) is 0 Å². The van der Waals surface area contributed by atoms with E-state index in [1.807, 2.05) is 6.07 Å². The van der Waals surface area contributed by atoms with E-state index in [1.165, 1.54) is 4.90 Å². The third-order valence-electron chi connectivity index (χ3n) is 2.53. The van der Waals surface area contributed by atoms with Gasteiger partial charge >= 0.3 is 0 Å². The number of benzene rings is 1. The van der Waals surface area contributed by atoms with Crippen molar-refractivity contribution < 1.29 is 14.3 Å². The number of alkyl halides is 1. The molecule has 15 heavy (non-hydrogen) atoms. The van der Waals surface area contributed by atoms with E-state index in [0.29, 0.717) is 5.56 Å². The van der Waals surface area contributed by atoms with Crippen LogP contribution in [0.25, 0.3) is 0 Å². The number of nitrogens with zero attached hydrogens (tertiary/aromatic N) is 1. The van der Waals surface area contributed by atoms with Crippen molar-refractivity contribution in [2.75, 3.05) is 13.1 Å². The molecule has 0 spiro atoms. The number of hydrogen-bond acceptors (Lipinski definition) is 2. The third-order valence-corrected chi connectivity index (χ3v) is 2.53. The monoisotopic (exact) mass is 209 g/mol. The van der Waals surface area contributed by atoms with Crippen LogP contribution in [-0.4, -0.2) is 41.3 Å². The summed E-state index contributed by atoms with van der Waals surface area (Å²) in [5.74, 6) is -0.227. The van der Waals surface area contributed by atoms with Crippen molar-refractivity contribution in [3.8, 4) is 0 Å². The summed E-state index contributed by atoms with van der Waals surface area (Å²) in [6, 6.07) is 8.69. The molecule has 1 aromatic carbocycles. The van der Waals surface area contributed by atoms with Crippen molar-refractivity contribution in [2.24, 2.45) is 0 Å². The predicted octanol–water partition coefficient (Wildman–Crippen LogP) is 0.841. The van der Waals surface area contributed by atoms with Gasteiger partial charge in [0.05, 0.1) is 6.54 Å². The van der Waals surface area contributed by atoms with Crippen molar-refractivity contribution in [1.29, 1.82) is 0 Å². The Bertz CT molecular complexity index is 345. The van der Waals surface area contributed by atoms with Gasteiger partial charge in [0.25, 0.3) is 5.91 Å². The van der Waals surface area contributed by atoms with Crippen LogP contribution in [0.4, 0.5) is 4.39 Å². The Hall–Kier alpha value is -1.42. The van der Waals surface area contributed by atoms with Crippen LogP contribution >= 0.6 is 0 Å². The molecular weight excluding hydrogens is 197 g/mol. The molecule has 1 heterocycles. The summed E-state index contributed by atoms with van der Waals surface area (Å²) in [5.41, 5.74) is 0.527. The standard InChI is InChI=1S/C11H12FNO2/c12-9-6-13(7-10(9)14)11(15)8-4-2-1-3-5-8/h1-5,9-10,14H,6-7H2/t9-,10-/m1/s1. The molecule has 0 aliphatic carbocycles. The molecule has 1 aliphatic rings. The van der Waals surface area contributed by atoms with Crippen LogP contribution in [-0.2, 0) is 0 Å². The van der Waals surface area contributed by atoms with Crippen LogP contribution in [0.5, 0.6) is 0 Å². The Labute approximate surface area is 87.1 Å². The maximum Gasteiger partial charge on any atom is 0.254 e. The van der Waals surface area contributed by atoms with Crippen LogP contribution in [0.15, 0.2) is 30.3 Å². The van der Waals surface area contributed by atoms with Gasteiger partial charge in [-0.1, -0.05) is 18.2 Å². The fourth-order valence-electron chi connectivity index (χ4n) is 1.68. The number of aliphatic hydroxyl groups excluding tert-OH is 1. The molecule has 1 aromatic rings. The van der Waals surface area contributed by atoms with Crippen LogP contribution in [0, 0.1) is 0 Å². The van der Waals surface area contributed by atoms with Gasteiger partial charge in [-0.25, -0.2) is 4.39 Å². The van der Waals surface area contributed by atoms with E-state index in [2.05, 4.69) is 0 Å². The average Bonchev–Trinajstić information content (AvgIpc) is 2.59. The molecule has 1 saturated heterocycles. The number of aliphatic hydroxyl groups is 1. The van der Waals surface area contributed by atoms with Gasteiger partial charge in [-0.15, -0.1) is 0 Å². The molecular formula is C11H12FNO2. The van der Waals surface area contributed by atoms with Gasteiger partial charge in [0.1, 0.15) is 12.3 Å². The summed E-state index contributed by atoms with van der Waals surface area (Å²) in [6.07, 6.45) is -2.37. The van der Waals surface area contributed by atoms with Crippen molar-refractivity contribution in [2.45, 2.75) is 12.3 Å². The first kappa shape index (κ1) is 10.1. The Kier molecular flexibility index (Phi) is 2.68. The Morgan fingerprint density at radius 2 is 2.00 bits per heavy atom. The van der Waals surface area contributed by atoms with Crippen LogP contribution in [0.2, 0.25) is 0 Å². The quantitative estimate of drug-likeness (QED) is 0.744. The molecule has 0 bridgehead atoms.